The second kappa shape index (κ2) is 5.16. The van der Waals surface area contributed by atoms with Crippen molar-refractivity contribution in [2.45, 2.75) is 65.8 Å². The molecule has 1 heteroatoms. The molecule has 0 amide bonds. The van der Waals surface area contributed by atoms with Gasteiger partial charge in [0.05, 0.1) is 0 Å². The maximum Gasteiger partial charge on any atom is 0.00672 e. The lowest BCUT2D eigenvalue weighted by atomic mass is 9.97. The molecular weight excluding hydrogens is 170 g/mol. The molecule has 1 aliphatic rings. The van der Waals surface area contributed by atoms with Gasteiger partial charge in [-0.05, 0) is 37.0 Å². The third kappa shape index (κ3) is 4.00. The summed E-state index contributed by atoms with van der Waals surface area (Å²) >= 11 is 0. The lowest BCUT2D eigenvalue weighted by Gasteiger charge is -2.22. The van der Waals surface area contributed by atoms with Gasteiger partial charge in [0.15, 0.2) is 0 Å². The summed E-state index contributed by atoms with van der Waals surface area (Å²) in [5.74, 6) is 0.874. The first-order valence-corrected chi connectivity index (χ1v) is 6.33. The van der Waals surface area contributed by atoms with Crippen molar-refractivity contribution in [2.24, 2.45) is 11.3 Å². The Hall–Kier alpha value is -0.0400. The van der Waals surface area contributed by atoms with Crippen molar-refractivity contribution in [2.75, 3.05) is 6.54 Å². The van der Waals surface area contributed by atoms with E-state index in [2.05, 4.69) is 33.0 Å². The van der Waals surface area contributed by atoms with Gasteiger partial charge in [-0.25, -0.2) is 0 Å². The molecule has 0 aromatic heterocycles. The molecule has 0 heterocycles. The zero-order valence-corrected chi connectivity index (χ0v) is 10.4. The van der Waals surface area contributed by atoms with E-state index in [1.807, 2.05) is 0 Å². The van der Waals surface area contributed by atoms with Crippen LogP contribution in [0.4, 0.5) is 0 Å². The minimum absolute atomic E-state index is 0.656. The molecule has 1 rings (SSSR count). The highest BCUT2D eigenvalue weighted by molar-refractivity contribution is 4.91. The van der Waals surface area contributed by atoms with E-state index < -0.39 is 0 Å². The normalized spacial score (nSPS) is 23.1. The lowest BCUT2D eigenvalue weighted by Crippen LogP contribution is -2.34. The summed E-state index contributed by atoms with van der Waals surface area (Å²) in [6.45, 7) is 10.6. The molecule has 1 aliphatic carbocycles. The van der Waals surface area contributed by atoms with Crippen molar-refractivity contribution >= 4 is 0 Å². The molecular formula is C13H27N. The van der Waals surface area contributed by atoms with Crippen molar-refractivity contribution in [3.63, 3.8) is 0 Å². The van der Waals surface area contributed by atoms with Gasteiger partial charge in [0, 0.05) is 12.6 Å². The molecule has 2 atom stereocenters. The van der Waals surface area contributed by atoms with Gasteiger partial charge in [0.1, 0.15) is 0 Å². The molecule has 0 spiro atoms. The average molecular weight is 197 g/mol. The Bertz CT molecular complexity index is 161. The Morgan fingerprint density at radius 1 is 1.21 bits per heavy atom. The van der Waals surface area contributed by atoms with E-state index in [9.17, 15) is 0 Å². The molecule has 0 aliphatic heterocycles. The number of hydrogen-bond acceptors (Lipinski definition) is 1. The quantitative estimate of drug-likeness (QED) is 0.657. The molecule has 0 aromatic rings. The molecule has 0 radical (unpaired) electrons. The van der Waals surface area contributed by atoms with E-state index in [1.54, 1.807) is 0 Å². The highest BCUT2D eigenvalue weighted by Crippen LogP contribution is 2.44. The maximum absolute atomic E-state index is 3.74. The van der Waals surface area contributed by atoms with Crippen molar-refractivity contribution < 1.29 is 0 Å². The zero-order valence-electron chi connectivity index (χ0n) is 10.4. The summed E-state index contributed by atoms with van der Waals surface area (Å²) in [6.07, 6.45) is 6.80. The highest BCUT2D eigenvalue weighted by atomic mass is 14.9. The fourth-order valence-corrected chi connectivity index (χ4v) is 1.83. The lowest BCUT2D eigenvalue weighted by molar-refractivity contribution is 0.357. The van der Waals surface area contributed by atoms with Crippen LogP contribution in [0, 0.1) is 11.3 Å². The Labute approximate surface area is 89.7 Å². The van der Waals surface area contributed by atoms with Gasteiger partial charge < -0.3 is 5.32 Å². The minimum atomic E-state index is 0.656. The standard InChI is InChI=1S/C13H27N/c1-5-11(3)9-12(6-2)14-10-13(4)7-8-13/h11-12,14H,5-10H2,1-4H3. The Morgan fingerprint density at radius 3 is 2.29 bits per heavy atom. The van der Waals surface area contributed by atoms with E-state index in [1.165, 1.54) is 38.6 Å². The molecule has 0 saturated heterocycles. The van der Waals surface area contributed by atoms with E-state index in [4.69, 9.17) is 0 Å². The Balaban J connectivity index is 2.17. The van der Waals surface area contributed by atoms with Gasteiger partial charge >= 0.3 is 0 Å². The van der Waals surface area contributed by atoms with E-state index in [-0.39, 0.29) is 0 Å². The molecule has 0 bridgehead atoms. The van der Waals surface area contributed by atoms with E-state index in [0.29, 0.717) is 5.41 Å². The topological polar surface area (TPSA) is 12.0 Å². The minimum Gasteiger partial charge on any atom is -0.313 e. The van der Waals surface area contributed by atoms with Crippen LogP contribution in [0.2, 0.25) is 0 Å². The van der Waals surface area contributed by atoms with Crippen LogP contribution < -0.4 is 5.32 Å². The molecule has 1 fully saturated rings. The van der Waals surface area contributed by atoms with Gasteiger partial charge in [-0.1, -0.05) is 34.1 Å². The van der Waals surface area contributed by atoms with Gasteiger partial charge in [-0.3, -0.25) is 0 Å². The first-order valence-electron chi connectivity index (χ1n) is 6.33. The highest BCUT2D eigenvalue weighted by Gasteiger charge is 2.36. The predicted octanol–water partition coefficient (Wildman–Crippen LogP) is 3.59. The van der Waals surface area contributed by atoms with Crippen molar-refractivity contribution in [3.8, 4) is 0 Å². The fraction of sp³-hybridized carbons (Fsp3) is 1.00. The third-order valence-electron chi connectivity index (χ3n) is 3.80. The van der Waals surface area contributed by atoms with Crippen LogP contribution in [-0.2, 0) is 0 Å². The summed E-state index contributed by atoms with van der Waals surface area (Å²) in [6, 6.07) is 0.752. The predicted molar refractivity (Wildman–Crippen MR) is 63.5 cm³/mol. The van der Waals surface area contributed by atoms with Crippen LogP contribution in [0.3, 0.4) is 0 Å². The van der Waals surface area contributed by atoms with Gasteiger partial charge in [-0.15, -0.1) is 0 Å². The first-order chi connectivity index (χ1) is 6.59. The largest absolute Gasteiger partial charge is 0.313 e. The second-order valence-electron chi connectivity index (χ2n) is 5.55. The first kappa shape index (κ1) is 12.0. The molecule has 14 heavy (non-hydrogen) atoms. The SMILES string of the molecule is CCC(C)CC(CC)NCC1(C)CC1. The molecule has 1 nitrogen and oxygen atoms in total. The van der Waals surface area contributed by atoms with Crippen LogP contribution in [-0.4, -0.2) is 12.6 Å². The molecule has 0 aromatic carbocycles. The van der Waals surface area contributed by atoms with Gasteiger partial charge in [0.2, 0.25) is 0 Å². The van der Waals surface area contributed by atoms with Gasteiger partial charge in [0.25, 0.3) is 0 Å². The van der Waals surface area contributed by atoms with Crippen LogP contribution in [0.25, 0.3) is 0 Å². The molecule has 2 unspecified atom stereocenters. The number of hydrogen-bond donors (Lipinski definition) is 1. The average Bonchev–Trinajstić information content (AvgIpc) is 2.91. The summed E-state index contributed by atoms with van der Waals surface area (Å²) in [5.41, 5.74) is 0.656. The summed E-state index contributed by atoms with van der Waals surface area (Å²) in [5, 5.41) is 3.74. The molecule has 1 saturated carbocycles. The summed E-state index contributed by atoms with van der Waals surface area (Å²) < 4.78 is 0. The van der Waals surface area contributed by atoms with Crippen LogP contribution in [0.15, 0.2) is 0 Å². The van der Waals surface area contributed by atoms with Crippen LogP contribution >= 0.6 is 0 Å². The fourth-order valence-electron chi connectivity index (χ4n) is 1.83. The van der Waals surface area contributed by atoms with Gasteiger partial charge in [-0.2, -0.15) is 0 Å². The van der Waals surface area contributed by atoms with Crippen molar-refractivity contribution in [1.82, 2.24) is 5.32 Å². The van der Waals surface area contributed by atoms with Crippen LogP contribution in [0.5, 0.6) is 0 Å². The maximum atomic E-state index is 3.74. The zero-order chi connectivity index (χ0) is 10.6. The Morgan fingerprint density at radius 2 is 1.86 bits per heavy atom. The van der Waals surface area contributed by atoms with Crippen molar-refractivity contribution in [1.29, 1.82) is 0 Å². The van der Waals surface area contributed by atoms with Crippen molar-refractivity contribution in [3.05, 3.63) is 0 Å². The third-order valence-corrected chi connectivity index (χ3v) is 3.80. The van der Waals surface area contributed by atoms with Crippen LogP contribution in [0.1, 0.15) is 59.8 Å². The molecule has 1 N–H and O–H groups in total. The van der Waals surface area contributed by atoms with E-state index >= 15 is 0 Å². The smallest absolute Gasteiger partial charge is 0.00672 e. The Kier molecular flexibility index (Phi) is 4.43. The number of rotatable bonds is 7. The number of nitrogens with one attached hydrogen (secondary N) is 1. The summed E-state index contributed by atoms with van der Waals surface area (Å²) in [4.78, 5) is 0. The molecule has 84 valence electrons. The second-order valence-corrected chi connectivity index (χ2v) is 5.55. The monoisotopic (exact) mass is 197 g/mol. The summed E-state index contributed by atoms with van der Waals surface area (Å²) in [7, 11) is 0. The van der Waals surface area contributed by atoms with E-state index in [0.717, 1.165) is 12.0 Å².